The molecule has 0 fully saturated rings. The molecular weight excluding hydrogens is 697 g/mol. The van der Waals surface area contributed by atoms with Crippen LogP contribution in [-0.4, -0.2) is 23.9 Å². The first-order valence-electron chi connectivity index (χ1n) is 0. The summed E-state index contributed by atoms with van der Waals surface area (Å²) in [6, 6.07) is 0. The Morgan fingerprint density at radius 1 is 0.286 bits per heavy atom. The SMILES string of the molecule is [Ce+3].[Cl-].[Cl-].[Cl-].[Cl-].[Cl-].[Cl-].[Cl-].[Cl-].[Cl-].[Cl-].[Cl-].[Sn+4].[Ti+4]. The van der Waals surface area contributed by atoms with Gasteiger partial charge in [-0.25, -0.2) is 0 Å². The van der Waals surface area contributed by atoms with E-state index in [1.54, 1.807) is 0 Å². The van der Waals surface area contributed by atoms with Gasteiger partial charge in [-0.15, -0.1) is 0 Å². The first-order valence-corrected chi connectivity index (χ1v) is 0. The van der Waals surface area contributed by atoms with Gasteiger partial charge in [0.25, 0.3) is 0 Å². The van der Waals surface area contributed by atoms with Gasteiger partial charge in [-0.05, 0) is 0 Å². The molecule has 0 rings (SSSR count). The van der Waals surface area contributed by atoms with Crippen LogP contribution in [0.2, 0.25) is 0 Å². The van der Waals surface area contributed by atoms with E-state index in [1.165, 1.54) is 0 Å². The predicted molar refractivity (Wildman–Crippen MR) is 5.75 cm³/mol. The molecule has 0 saturated heterocycles. The fraction of sp³-hybridized carbons (Fsp3) is 0. The Morgan fingerprint density at radius 3 is 0.286 bits per heavy atom. The van der Waals surface area contributed by atoms with Gasteiger partial charge in [0.05, 0.1) is 0 Å². The van der Waals surface area contributed by atoms with Crippen molar-refractivity contribution in [2.45, 2.75) is 0 Å². The molecule has 0 aliphatic rings. The van der Waals surface area contributed by atoms with Crippen molar-refractivity contribution in [2.24, 2.45) is 0 Å². The third-order valence-electron chi connectivity index (χ3n) is 0. The molecule has 14 heavy (non-hydrogen) atoms. The second-order valence-electron chi connectivity index (χ2n) is 0. The minimum atomic E-state index is 0. The number of halogens is 11. The molecule has 0 heterocycles. The number of rotatable bonds is 0. The molecule has 0 unspecified atom stereocenters. The molecule has 0 nitrogen and oxygen atoms in total. The van der Waals surface area contributed by atoms with Crippen molar-refractivity contribution in [3.8, 4) is 0 Å². The van der Waals surface area contributed by atoms with E-state index < -0.39 is 0 Å². The van der Waals surface area contributed by atoms with Crippen molar-refractivity contribution in [3.63, 3.8) is 0 Å². The Hall–Kier alpha value is 6.08. The van der Waals surface area contributed by atoms with E-state index in [-0.39, 0.29) is 224 Å². The van der Waals surface area contributed by atoms with Gasteiger partial charge in [-0.2, -0.15) is 0 Å². The van der Waals surface area contributed by atoms with E-state index in [2.05, 4.69) is 0 Å². The van der Waals surface area contributed by atoms with Gasteiger partial charge in [-0.1, -0.05) is 0 Å². The van der Waals surface area contributed by atoms with Gasteiger partial charge in [0, 0.05) is 0 Å². The van der Waals surface area contributed by atoms with Crippen LogP contribution in [0.1, 0.15) is 0 Å². The Bertz CT molecular complexity index is 15.2. The van der Waals surface area contributed by atoms with Crippen LogP contribution in [0.4, 0.5) is 0 Å². The summed E-state index contributed by atoms with van der Waals surface area (Å²) in [5.41, 5.74) is 0. The van der Waals surface area contributed by atoms with Crippen LogP contribution in [0.25, 0.3) is 0 Å². The Labute approximate surface area is 219 Å². The summed E-state index contributed by atoms with van der Waals surface area (Å²) < 4.78 is 0. The fourth-order valence-corrected chi connectivity index (χ4v) is 0. The summed E-state index contributed by atoms with van der Waals surface area (Å²) in [4.78, 5) is 0. The van der Waals surface area contributed by atoms with Gasteiger partial charge < -0.3 is 136 Å². The third-order valence-corrected chi connectivity index (χ3v) is 0. The second kappa shape index (κ2) is 169. The molecule has 0 aliphatic carbocycles. The molecule has 89 valence electrons. The van der Waals surface area contributed by atoms with Crippen molar-refractivity contribution in [3.05, 3.63) is 0 Å². The summed E-state index contributed by atoms with van der Waals surface area (Å²) in [5.74, 6) is 0. The van der Waals surface area contributed by atoms with Gasteiger partial charge in [0.2, 0.25) is 0 Å². The summed E-state index contributed by atoms with van der Waals surface area (Å²) in [6.45, 7) is 0. The zero-order chi connectivity index (χ0) is 0. The summed E-state index contributed by atoms with van der Waals surface area (Å²) in [5, 5.41) is 0. The normalized spacial score (nSPS) is 0. The monoisotopic (exact) mass is 692 g/mol. The maximum Gasteiger partial charge on any atom is 4.00 e. The Balaban J connectivity index is 0. The average molecular weight is 697 g/mol. The molecule has 0 aromatic rings. The topological polar surface area (TPSA) is 0 Å². The molecule has 1 radical (unpaired) electrons. The van der Waals surface area contributed by atoms with Gasteiger partial charge in [0.1, 0.15) is 0 Å². The maximum atomic E-state index is 0. The van der Waals surface area contributed by atoms with Crippen molar-refractivity contribution < 1.29 is 200 Å². The van der Waals surface area contributed by atoms with E-state index in [4.69, 9.17) is 0 Å². The summed E-state index contributed by atoms with van der Waals surface area (Å²) in [6.07, 6.45) is 0. The molecule has 0 saturated carbocycles. The van der Waals surface area contributed by atoms with E-state index in [0.717, 1.165) is 0 Å². The molecule has 0 aliphatic heterocycles. The summed E-state index contributed by atoms with van der Waals surface area (Å²) in [7, 11) is 0. The number of hydrogen-bond acceptors (Lipinski definition) is 0. The molecule has 0 atom stereocenters. The Kier molecular flexibility index (Phi) is 2380. The zero-order valence-corrected chi connectivity index (χ0v) is 21.5. The van der Waals surface area contributed by atoms with E-state index in [1.807, 2.05) is 0 Å². The molecule has 14 heteroatoms. The van der Waals surface area contributed by atoms with Crippen molar-refractivity contribution in [1.29, 1.82) is 0 Å². The molecule has 0 N–H and O–H groups in total. The molecular formula is CeCl11SnTi. The van der Waals surface area contributed by atoms with Gasteiger partial charge in [-0.3, -0.25) is 0 Å². The van der Waals surface area contributed by atoms with E-state index in [9.17, 15) is 0 Å². The van der Waals surface area contributed by atoms with Gasteiger partial charge in [0.15, 0.2) is 0 Å². The standard InChI is InChI=1S/Ce.11ClH.Sn.Ti/h;11*1H;;/q+3;;;;;;;;;;;;2*+4/p-11. The molecule has 0 aromatic carbocycles. The quantitative estimate of drug-likeness (QED) is 0.221. The second-order valence-corrected chi connectivity index (χ2v) is 0. The van der Waals surface area contributed by atoms with Crippen LogP contribution in [-0.2, 0) is 21.7 Å². The molecule has 0 amide bonds. The van der Waals surface area contributed by atoms with Crippen molar-refractivity contribution in [1.82, 2.24) is 0 Å². The van der Waals surface area contributed by atoms with Crippen molar-refractivity contribution >= 4 is 23.9 Å². The molecule has 0 bridgehead atoms. The van der Waals surface area contributed by atoms with Crippen LogP contribution in [0, 0.1) is 41.7 Å². The molecule has 0 spiro atoms. The minimum Gasteiger partial charge on any atom is -1.00 e. The fourth-order valence-electron chi connectivity index (χ4n) is 0. The number of hydrogen-bond donors (Lipinski definition) is 0. The van der Waals surface area contributed by atoms with Crippen LogP contribution in [0.15, 0.2) is 0 Å². The smallest absolute Gasteiger partial charge is 1.00 e. The zero-order valence-electron chi connectivity index (χ0n) is 5.66. The summed E-state index contributed by atoms with van der Waals surface area (Å²) >= 11 is 0. The third kappa shape index (κ3) is 143. The van der Waals surface area contributed by atoms with Crippen molar-refractivity contribution in [2.75, 3.05) is 0 Å². The maximum absolute atomic E-state index is 0. The first-order chi connectivity index (χ1) is 0. The Morgan fingerprint density at radius 2 is 0.286 bits per heavy atom. The van der Waals surface area contributed by atoms with Crippen LogP contribution in [0.3, 0.4) is 0 Å². The first kappa shape index (κ1) is 198. The van der Waals surface area contributed by atoms with Crippen LogP contribution >= 0.6 is 0 Å². The van der Waals surface area contributed by atoms with E-state index in [0.29, 0.717) is 0 Å². The average Bonchev–Trinajstić information content (AvgIpc) is 0. The minimum absolute atomic E-state index is 0. The molecule has 0 aromatic heterocycles. The van der Waals surface area contributed by atoms with E-state index >= 15 is 0 Å². The van der Waals surface area contributed by atoms with Gasteiger partial charge >= 0.3 is 87.4 Å². The van der Waals surface area contributed by atoms with Crippen LogP contribution < -0.4 is 136 Å². The van der Waals surface area contributed by atoms with Crippen LogP contribution in [0.5, 0.6) is 0 Å². The predicted octanol–water partition coefficient (Wildman–Crippen LogP) is -33.3. The largest absolute Gasteiger partial charge is 4.00 e.